The zero-order valence-electron chi connectivity index (χ0n) is 21.3. The molecule has 180 valence electrons. The molecular formula is C34H28N2O. The van der Waals surface area contributed by atoms with Gasteiger partial charge in [-0.3, -0.25) is 0 Å². The highest BCUT2D eigenvalue weighted by Crippen LogP contribution is 2.40. The number of fused-ring (bicyclic) bond motifs is 6. The summed E-state index contributed by atoms with van der Waals surface area (Å²) in [6, 6.07) is 41.0. The van der Waals surface area contributed by atoms with Gasteiger partial charge in [-0.2, -0.15) is 0 Å². The third-order valence-electron chi connectivity index (χ3n) is 7.22. The minimum atomic E-state index is -0.156. The molecule has 3 heteroatoms. The van der Waals surface area contributed by atoms with Crippen molar-refractivity contribution in [3.63, 3.8) is 0 Å². The number of anilines is 2. The summed E-state index contributed by atoms with van der Waals surface area (Å²) in [6.45, 7) is 6.77. The molecular weight excluding hydrogens is 452 g/mol. The molecule has 0 aliphatic carbocycles. The van der Waals surface area contributed by atoms with Crippen molar-refractivity contribution in [2.24, 2.45) is 0 Å². The van der Waals surface area contributed by atoms with Crippen molar-refractivity contribution >= 4 is 55.1 Å². The fourth-order valence-corrected chi connectivity index (χ4v) is 5.73. The van der Waals surface area contributed by atoms with Gasteiger partial charge in [0.25, 0.3) is 0 Å². The van der Waals surface area contributed by atoms with Crippen LogP contribution in [0, 0.1) is 0 Å². The number of furan rings is 1. The zero-order valence-corrected chi connectivity index (χ0v) is 21.3. The van der Waals surface area contributed by atoms with Crippen molar-refractivity contribution in [1.82, 2.24) is 4.57 Å². The quantitative estimate of drug-likeness (QED) is 0.251. The summed E-state index contributed by atoms with van der Waals surface area (Å²) < 4.78 is 8.62. The van der Waals surface area contributed by atoms with Gasteiger partial charge in [-0.15, -0.1) is 0 Å². The first-order valence-corrected chi connectivity index (χ1v) is 12.8. The van der Waals surface area contributed by atoms with E-state index < -0.39 is 0 Å². The molecule has 3 nitrogen and oxygen atoms in total. The molecule has 0 aliphatic heterocycles. The first-order valence-electron chi connectivity index (χ1n) is 12.8. The highest BCUT2D eigenvalue weighted by atomic mass is 16.3. The maximum absolute atomic E-state index is 6.25. The Balaban J connectivity index is 1.46. The first-order chi connectivity index (χ1) is 18.0. The van der Waals surface area contributed by atoms with E-state index in [0.717, 1.165) is 39.0 Å². The Kier molecular flexibility index (Phi) is 4.71. The van der Waals surface area contributed by atoms with Crippen LogP contribution in [-0.4, -0.2) is 10.1 Å². The SMILES string of the molecule is CC(C)(C)N(c1ccc2c(c1)oc1ccccc12)c1ccc2c3ccccc3n(-c3ccccc3)c2c1. The molecule has 0 N–H and O–H groups in total. The number of nitrogens with zero attached hydrogens (tertiary/aromatic N) is 2. The average molecular weight is 481 g/mol. The lowest BCUT2D eigenvalue weighted by atomic mass is 10.0. The number of benzene rings is 5. The Morgan fingerprint density at radius 1 is 0.541 bits per heavy atom. The van der Waals surface area contributed by atoms with Crippen LogP contribution in [0.4, 0.5) is 11.4 Å². The maximum atomic E-state index is 6.25. The lowest BCUT2D eigenvalue weighted by molar-refractivity contribution is 0.560. The molecule has 5 aromatic carbocycles. The highest BCUT2D eigenvalue weighted by molar-refractivity contribution is 6.10. The summed E-state index contributed by atoms with van der Waals surface area (Å²) in [4.78, 5) is 2.41. The second kappa shape index (κ2) is 8.01. The number of para-hydroxylation sites is 3. The predicted octanol–water partition coefficient (Wildman–Crippen LogP) is 9.62. The molecule has 0 aliphatic rings. The van der Waals surface area contributed by atoms with Crippen LogP contribution in [-0.2, 0) is 0 Å². The van der Waals surface area contributed by atoms with E-state index >= 15 is 0 Å². The Morgan fingerprint density at radius 2 is 1.14 bits per heavy atom. The second-order valence-electron chi connectivity index (χ2n) is 10.7. The van der Waals surface area contributed by atoms with Crippen LogP contribution in [0.5, 0.6) is 0 Å². The lowest BCUT2D eigenvalue weighted by Gasteiger charge is -2.38. The van der Waals surface area contributed by atoms with E-state index in [2.05, 4.69) is 133 Å². The Morgan fingerprint density at radius 3 is 1.92 bits per heavy atom. The molecule has 37 heavy (non-hydrogen) atoms. The summed E-state index contributed by atoms with van der Waals surface area (Å²) >= 11 is 0. The zero-order chi connectivity index (χ0) is 25.1. The van der Waals surface area contributed by atoms with Crippen LogP contribution in [0.25, 0.3) is 49.4 Å². The average Bonchev–Trinajstić information content (AvgIpc) is 3.43. The molecule has 0 fully saturated rings. The second-order valence-corrected chi connectivity index (χ2v) is 10.7. The largest absolute Gasteiger partial charge is 0.456 e. The number of rotatable bonds is 3. The molecule has 0 atom stereocenters. The minimum Gasteiger partial charge on any atom is -0.456 e. The lowest BCUT2D eigenvalue weighted by Crippen LogP contribution is -2.37. The molecule has 0 spiro atoms. The van der Waals surface area contributed by atoms with Gasteiger partial charge in [-0.1, -0.05) is 60.7 Å². The van der Waals surface area contributed by atoms with E-state index in [4.69, 9.17) is 4.42 Å². The number of hydrogen-bond acceptors (Lipinski definition) is 2. The smallest absolute Gasteiger partial charge is 0.137 e. The molecule has 0 saturated carbocycles. The fraction of sp³-hybridized carbons (Fsp3) is 0.118. The molecule has 2 aromatic heterocycles. The molecule has 2 heterocycles. The Hall–Kier alpha value is -4.50. The van der Waals surface area contributed by atoms with Crippen molar-refractivity contribution in [2.75, 3.05) is 4.90 Å². The van der Waals surface area contributed by atoms with Gasteiger partial charge in [-0.25, -0.2) is 0 Å². The van der Waals surface area contributed by atoms with Crippen LogP contribution < -0.4 is 4.90 Å². The van der Waals surface area contributed by atoms with E-state index in [0.29, 0.717) is 0 Å². The maximum Gasteiger partial charge on any atom is 0.137 e. The van der Waals surface area contributed by atoms with Gasteiger partial charge < -0.3 is 13.9 Å². The molecule has 0 bridgehead atoms. The van der Waals surface area contributed by atoms with Crippen molar-refractivity contribution in [1.29, 1.82) is 0 Å². The van der Waals surface area contributed by atoms with E-state index in [-0.39, 0.29) is 5.54 Å². The highest BCUT2D eigenvalue weighted by Gasteiger charge is 2.25. The first kappa shape index (κ1) is 21.8. The summed E-state index contributed by atoms with van der Waals surface area (Å²) in [6.07, 6.45) is 0. The summed E-state index contributed by atoms with van der Waals surface area (Å²) in [5.74, 6) is 0. The van der Waals surface area contributed by atoms with Gasteiger partial charge in [0.1, 0.15) is 11.2 Å². The van der Waals surface area contributed by atoms with E-state index in [1.54, 1.807) is 0 Å². The van der Waals surface area contributed by atoms with E-state index in [1.165, 1.54) is 21.8 Å². The van der Waals surface area contributed by atoms with Gasteiger partial charge in [-0.05, 0) is 69.3 Å². The fourth-order valence-electron chi connectivity index (χ4n) is 5.73. The third kappa shape index (κ3) is 3.42. The van der Waals surface area contributed by atoms with Crippen molar-refractivity contribution in [3.8, 4) is 5.69 Å². The normalized spacial score (nSPS) is 12.2. The van der Waals surface area contributed by atoms with Crippen molar-refractivity contribution < 1.29 is 4.42 Å². The number of hydrogen-bond donors (Lipinski definition) is 0. The Bertz CT molecular complexity index is 1920. The topological polar surface area (TPSA) is 21.3 Å². The molecule has 0 saturated heterocycles. The van der Waals surface area contributed by atoms with Crippen LogP contribution in [0.1, 0.15) is 20.8 Å². The van der Waals surface area contributed by atoms with Crippen molar-refractivity contribution in [3.05, 3.63) is 115 Å². The molecule has 7 rings (SSSR count). The van der Waals surface area contributed by atoms with Crippen molar-refractivity contribution in [2.45, 2.75) is 26.3 Å². The van der Waals surface area contributed by atoms with Gasteiger partial charge in [0.15, 0.2) is 0 Å². The summed E-state index contributed by atoms with van der Waals surface area (Å²) in [5, 5.41) is 4.82. The standard InChI is InChI=1S/C34H28N2O/c1-34(2,3)36(25-18-20-29-28-14-8-10-16-32(28)37-33(29)22-25)24-17-19-27-26-13-7-9-15-30(26)35(31(27)21-24)23-11-5-4-6-12-23/h4-22H,1-3H3. The Labute approximate surface area is 216 Å². The minimum absolute atomic E-state index is 0.156. The van der Waals surface area contributed by atoms with Gasteiger partial charge in [0.05, 0.1) is 11.0 Å². The predicted molar refractivity (Wildman–Crippen MR) is 156 cm³/mol. The van der Waals surface area contributed by atoms with E-state index in [1.807, 2.05) is 12.1 Å². The van der Waals surface area contributed by atoms with Crippen LogP contribution in [0.15, 0.2) is 120 Å². The van der Waals surface area contributed by atoms with Gasteiger partial charge >= 0.3 is 0 Å². The number of aromatic nitrogens is 1. The van der Waals surface area contributed by atoms with E-state index in [9.17, 15) is 0 Å². The summed E-state index contributed by atoms with van der Waals surface area (Å²) in [5.41, 5.74) is 7.51. The third-order valence-corrected chi connectivity index (χ3v) is 7.22. The molecule has 0 amide bonds. The molecule has 0 radical (unpaired) electrons. The van der Waals surface area contributed by atoms with Gasteiger partial charge in [0, 0.05) is 50.2 Å². The molecule has 0 unspecified atom stereocenters. The van der Waals surface area contributed by atoms with Gasteiger partial charge in [0.2, 0.25) is 0 Å². The van der Waals surface area contributed by atoms with Crippen LogP contribution >= 0.6 is 0 Å². The van der Waals surface area contributed by atoms with Crippen LogP contribution in [0.2, 0.25) is 0 Å². The monoisotopic (exact) mass is 480 g/mol. The summed E-state index contributed by atoms with van der Waals surface area (Å²) in [7, 11) is 0. The molecule has 7 aromatic rings. The van der Waals surface area contributed by atoms with Crippen LogP contribution in [0.3, 0.4) is 0 Å².